The Labute approximate surface area is 106 Å². The topological polar surface area (TPSA) is 66.4 Å². The van der Waals surface area contributed by atoms with Crippen molar-refractivity contribution in [2.75, 3.05) is 0 Å². The first-order valence-corrected chi connectivity index (χ1v) is 7.30. The largest absolute Gasteiger partial charge is 0.392 e. The molecule has 94 valence electrons. The highest BCUT2D eigenvalue weighted by atomic mass is 35.5. The molecule has 0 radical (unpaired) electrons. The van der Waals surface area contributed by atoms with Crippen molar-refractivity contribution >= 4 is 21.6 Å². The lowest BCUT2D eigenvalue weighted by atomic mass is 9.94. The predicted octanol–water partition coefficient (Wildman–Crippen LogP) is 1.66. The quantitative estimate of drug-likeness (QED) is 0.878. The van der Waals surface area contributed by atoms with Crippen LogP contribution in [0.25, 0.3) is 0 Å². The van der Waals surface area contributed by atoms with E-state index in [4.69, 9.17) is 16.7 Å². The summed E-state index contributed by atoms with van der Waals surface area (Å²) in [7, 11) is -3.58. The molecule has 0 aromatic heterocycles. The molecule has 0 heterocycles. The summed E-state index contributed by atoms with van der Waals surface area (Å²) >= 11 is 5.88. The number of hydrogen-bond acceptors (Lipinski definition) is 3. The molecule has 0 atom stereocenters. The fourth-order valence-electron chi connectivity index (χ4n) is 1.66. The van der Waals surface area contributed by atoms with Crippen LogP contribution in [0.2, 0.25) is 5.02 Å². The summed E-state index contributed by atoms with van der Waals surface area (Å²) in [6.07, 6.45) is 2.80. The van der Waals surface area contributed by atoms with Gasteiger partial charge in [-0.05, 0) is 30.5 Å². The average Bonchev–Trinajstić information content (AvgIpc) is 2.24. The van der Waals surface area contributed by atoms with Gasteiger partial charge in [0.15, 0.2) is 0 Å². The minimum atomic E-state index is -3.58. The molecule has 0 unspecified atom stereocenters. The van der Waals surface area contributed by atoms with Gasteiger partial charge in [0.25, 0.3) is 0 Å². The summed E-state index contributed by atoms with van der Waals surface area (Å²) in [6.45, 7) is -0.205. The van der Waals surface area contributed by atoms with Crippen molar-refractivity contribution in [3.63, 3.8) is 0 Å². The predicted molar refractivity (Wildman–Crippen MR) is 65.3 cm³/mol. The van der Waals surface area contributed by atoms with E-state index in [1.54, 1.807) is 6.07 Å². The maximum Gasteiger partial charge on any atom is 0.242 e. The molecule has 1 aromatic rings. The lowest BCUT2D eigenvalue weighted by Crippen LogP contribution is -2.39. The number of rotatable bonds is 4. The van der Waals surface area contributed by atoms with E-state index in [0.717, 1.165) is 19.3 Å². The van der Waals surface area contributed by atoms with Crippen LogP contribution >= 0.6 is 11.6 Å². The smallest absolute Gasteiger partial charge is 0.242 e. The number of hydrogen-bond donors (Lipinski definition) is 2. The molecule has 4 nitrogen and oxygen atoms in total. The number of halogens is 1. The van der Waals surface area contributed by atoms with Crippen molar-refractivity contribution < 1.29 is 13.5 Å². The van der Waals surface area contributed by atoms with E-state index in [2.05, 4.69) is 4.72 Å². The number of aliphatic hydroxyl groups excluding tert-OH is 1. The first-order valence-electron chi connectivity index (χ1n) is 5.44. The van der Waals surface area contributed by atoms with Crippen LogP contribution in [0.3, 0.4) is 0 Å². The van der Waals surface area contributed by atoms with Gasteiger partial charge in [0.1, 0.15) is 4.90 Å². The van der Waals surface area contributed by atoms with Crippen LogP contribution in [0.1, 0.15) is 24.8 Å². The molecular formula is C11H14ClNO3S. The molecular weight excluding hydrogens is 262 g/mol. The van der Waals surface area contributed by atoms with Crippen LogP contribution in [-0.4, -0.2) is 19.6 Å². The Morgan fingerprint density at radius 1 is 1.41 bits per heavy atom. The van der Waals surface area contributed by atoms with E-state index in [0.29, 0.717) is 5.56 Å². The van der Waals surface area contributed by atoms with Crippen LogP contribution in [0.5, 0.6) is 0 Å². The van der Waals surface area contributed by atoms with Crippen LogP contribution in [0.4, 0.5) is 0 Å². The molecule has 0 spiro atoms. The van der Waals surface area contributed by atoms with Gasteiger partial charge in [-0.1, -0.05) is 24.1 Å². The van der Waals surface area contributed by atoms with E-state index in [-0.39, 0.29) is 22.6 Å². The van der Waals surface area contributed by atoms with Crippen molar-refractivity contribution in [2.45, 2.75) is 36.8 Å². The highest BCUT2D eigenvalue weighted by Gasteiger charge is 2.26. The van der Waals surface area contributed by atoms with Crippen LogP contribution < -0.4 is 4.72 Å². The van der Waals surface area contributed by atoms with Gasteiger partial charge in [-0.3, -0.25) is 0 Å². The van der Waals surface area contributed by atoms with Crippen molar-refractivity contribution in [3.05, 3.63) is 28.8 Å². The summed E-state index contributed by atoms with van der Waals surface area (Å²) in [4.78, 5) is 0.0395. The number of sulfonamides is 1. The molecule has 1 aromatic carbocycles. The highest BCUT2D eigenvalue weighted by Crippen LogP contribution is 2.26. The molecule has 0 amide bonds. The van der Waals surface area contributed by atoms with E-state index in [1.165, 1.54) is 12.1 Å². The Balaban J connectivity index is 2.30. The summed E-state index contributed by atoms with van der Waals surface area (Å²) < 4.78 is 26.7. The molecule has 0 saturated heterocycles. The molecule has 0 bridgehead atoms. The number of aliphatic hydroxyl groups is 1. The van der Waals surface area contributed by atoms with Gasteiger partial charge < -0.3 is 5.11 Å². The molecule has 1 fully saturated rings. The third kappa shape index (κ3) is 2.80. The Bertz CT molecular complexity index is 511. The second-order valence-corrected chi connectivity index (χ2v) is 6.26. The van der Waals surface area contributed by atoms with Crippen molar-refractivity contribution in [1.82, 2.24) is 4.72 Å². The van der Waals surface area contributed by atoms with Crippen molar-refractivity contribution in [2.24, 2.45) is 0 Å². The minimum Gasteiger partial charge on any atom is -0.392 e. The van der Waals surface area contributed by atoms with E-state index in [1.807, 2.05) is 0 Å². The fourth-order valence-corrected chi connectivity index (χ4v) is 3.52. The lowest BCUT2D eigenvalue weighted by Gasteiger charge is -2.26. The first kappa shape index (κ1) is 12.8. The average molecular weight is 276 g/mol. The second-order valence-electron chi connectivity index (χ2n) is 4.17. The summed E-state index contributed by atoms with van der Waals surface area (Å²) in [5.74, 6) is 0. The molecule has 2 rings (SSSR count). The Morgan fingerprint density at radius 2 is 2.12 bits per heavy atom. The van der Waals surface area contributed by atoms with E-state index < -0.39 is 10.0 Å². The molecule has 6 heteroatoms. The highest BCUT2D eigenvalue weighted by molar-refractivity contribution is 7.89. The number of nitrogens with one attached hydrogen (secondary N) is 1. The van der Waals surface area contributed by atoms with E-state index in [9.17, 15) is 8.42 Å². The van der Waals surface area contributed by atoms with Gasteiger partial charge in [0, 0.05) is 6.04 Å². The number of benzene rings is 1. The Morgan fingerprint density at radius 3 is 2.65 bits per heavy atom. The molecule has 0 aliphatic heterocycles. The normalized spacial score (nSPS) is 16.8. The van der Waals surface area contributed by atoms with Crippen molar-refractivity contribution in [1.29, 1.82) is 0 Å². The summed E-state index contributed by atoms with van der Waals surface area (Å²) in [6, 6.07) is 4.52. The monoisotopic (exact) mass is 275 g/mol. The third-order valence-corrected chi connectivity index (χ3v) is 4.90. The van der Waals surface area contributed by atoms with Gasteiger partial charge in [0.05, 0.1) is 11.6 Å². The molecule has 2 N–H and O–H groups in total. The van der Waals surface area contributed by atoms with Gasteiger partial charge >= 0.3 is 0 Å². The van der Waals surface area contributed by atoms with Crippen molar-refractivity contribution in [3.8, 4) is 0 Å². The standard InChI is InChI=1S/C11H14ClNO3S/c12-10-5-4-8(7-14)6-11(10)17(15,16)13-9-2-1-3-9/h4-6,9,13-14H,1-3,7H2. The molecule has 17 heavy (non-hydrogen) atoms. The summed E-state index contributed by atoms with van der Waals surface area (Å²) in [5, 5.41) is 9.17. The molecule has 1 aliphatic carbocycles. The lowest BCUT2D eigenvalue weighted by molar-refractivity contribution is 0.281. The van der Waals surface area contributed by atoms with Crippen LogP contribution in [0, 0.1) is 0 Å². The van der Waals surface area contributed by atoms with Gasteiger partial charge in [-0.15, -0.1) is 0 Å². The van der Waals surface area contributed by atoms with Gasteiger partial charge in [0.2, 0.25) is 10.0 Å². The van der Waals surface area contributed by atoms with Gasteiger partial charge in [-0.2, -0.15) is 0 Å². The SMILES string of the molecule is O=S(=O)(NC1CCC1)c1cc(CO)ccc1Cl. The first-order chi connectivity index (χ1) is 8.03. The summed E-state index contributed by atoms with van der Waals surface area (Å²) in [5.41, 5.74) is 0.531. The van der Waals surface area contributed by atoms with E-state index >= 15 is 0 Å². The third-order valence-electron chi connectivity index (χ3n) is 2.89. The molecule has 1 saturated carbocycles. The minimum absolute atomic E-state index is 0.0221. The Kier molecular flexibility index (Phi) is 3.73. The zero-order chi connectivity index (χ0) is 12.5. The van der Waals surface area contributed by atoms with Gasteiger partial charge in [-0.25, -0.2) is 13.1 Å². The fraction of sp³-hybridized carbons (Fsp3) is 0.455. The zero-order valence-corrected chi connectivity index (χ0v) is 10.8. The molecule has 1 aliphatic rings. The Hall–Kier alpha value is -0.620. The zero-order valence-electron chi connectivity index (χ0n) is 9.19. The second kappa shape index (κ2) is 4.94. The van der Waals surface area contributed by atoms with Crippen LogP contribution in [-0.2, 0) is 16.6 Å². The van der Waals surface area contributed by atoms with Crippen LogP contribution in [0.15, 0.2) is 23.1 Å². The maximum absolute atomic E-state index is 12.0. The maximum atomic E-state index is 12.0.